The molecule has 0 aromatic carbocycles. The van der Waals surface area contributed by atoms with E-state index in [9.17, 15) is 33.6 Å². The highest BCUT2D eigenvalue weighted by atomic mass is 19.2. The molecule has 2 unspecified atom stereocenters. The van der Waals surface area contributed by atoms with Gasteiger partial charge in [-0.15, -0.1) is 0 Å². The minimum absolute atomic E-state index is 0.126. The topological polar surface area (TPSA) is 208 Å². The normalized spacial score (nSPS) is 15.6. The first-order valence-corrected chi connectivity index (χ1v) is 11.7. The molecule has 0 aromatic heterocycles. The van der Waals surface area contributed by atoms with Crippen LogP contribution >= 0.6 is 0 Å². The second-order valence-electron chi connectivity index (χ2n) is 8.13. The minimum Gasteiger partial charge on any atom is -0.469 e. The quantitative estimate of drug-likeness (QED) is 0.0959. The molecule has 0 aromatic rings. The number of hydrogen-bond donors (Lipinski definition) is 2. The molecule has 0 saturated carbocycles. The van der Waals surface area contributed by atoms with Crippen molar-refractivity contribution in [3.8, 4) is 0 Å². The largest absolute Gasteiger partial charge is 0.469 e. The summed E-state index contributed by atoms with van der Waals surface area (Å²) in [6.45, 7) is 2.23. The molecule has 216 valence electrons. The Balaban J connectivity index is 6.84. The highest BCUT2D eigenvalue weighted by molar-refractivity contribution is 6.40. The third kappa shape index (κ3) is 8.34. The zero-order valence-corrected chi connectivity index (χ0v) is 21.7. The Hall–Kier alpha value is -3.33. The van der Waals surface area contributed by atoms with Crippen LogP contribution in [0, 0.1) is 0 Å². The number of Topliss-reactive ketones (excluding diaryl/α,β-unsaturated/α-hetero) is 3. The summed E-state index contributed by atoms with van der Waals surface area (Å²) in [6.07, 6.45) is -1.05. The summed E-state index contributed by atoms with van der Waals surface area (Å²) in [5.41, 5.74) is 1.59. The number of alkyl halides is 2. The first-order chi connectivity index (χ1) is 17.7. The van der Waals surface area contributed by atoms with E-state index in [2.05, 4.69) is 18.9 Å². The van der Waals surface area contributed by atoms with Gasteiger partial charge in [-0.05, 0) is 12.8 Å². The van der Waals surface area contributed by atoms with E-state index in [1.54, 1.807) is 13.8 Å². The van der Waals surface area contributed by atoms with Gasteiger partial charge in [-0.2, -0.15) is 0 Å². The van der Waals surface area contributed by atoms with E-state index >= 15 is 8.78 Å². The molecule has 13 nitrogen and oxygen atoms in total. The summed E-state index contributed by atoms with van der Waals surface area (Å²) in [4.78, 5) is 87.6. The van der Waals surface area contributed by atoms with Crippen molar-refractivity contribution in [3.63, 3.8) is 0 Å². The number of ether oxygens (including phenoxy) is 4. The van der Waals surface area contributed by atoms with Gasteiger partial charge in [0.1, 0.15) is 0 Å². The zero-order chi connectivity index (χ0) is 29.7. The molecule has 0 saturated heterocycles. The molecule has 4 N–H and O–H groups in total. The maximum Gasteiger partial charge on any atom is 0.360 e. The van der Waals surface area contributed by atoms with Gasteiger partial charge < -0.3 is 30.4 Å². The first-order valence-electron chi connectivity index (χ1n) is 11.7. The fourth-order valence-corrected chi connectivity index (χ4v) is 2.89. The van der Waals surface area contributed by atoms with E-state index in [1.165, 1.54) is 0 Å². The van der Waals surface area contributed by atoms with Crippen LogP contribution in [0.3, 0.4) is 0 Å². The van der Waals surface area contributed by atoms with Crippen LogP contribution in [-0.4, -0.2) is 92.1 Å². The molecule has 0 amide bonds. The van der Waals surface area contributed by atoms with Gasteiger partial charge in [0, 0.05) is 0 Å². The van der Waals surface area contributed by atoms with Crippen molar-refractivity contribution in [2.75, 3.05) is 27.4 Å². The molecule has 38 heavy (non-hydrogen) atoms. The number of esters is 4. The number of halogens is 2. The standard InChI is InChI=1S/C23H34F2N2O11/c1-5-7-9-37-20(33)22(24,17(30)13(26)11-15(28)35-3)19(32)23(25,21(34)38-10-8-6-2)18(31)14(27)12-16(29)36-4/h13-14H,5-12,26-27H2,1-4H3/t13-,14-,22?,23?/m0/s1. The second kappa shape index (κ2) is 15.8. The summed E-state index contributed by atoms with van der Waals surface area (Å²) in [7, 11) is 1.79. The van der Waals surface area contributed by atoms with Crippen molar-refractivity contribution >= 4 is 41.2 Å². The Labute approximate surface area is 217 Å². The van der Waals surface area contributed by atoms with Crippen molar-refractivity contribution in [1.29, 1.82) is 0 Å². The minimum atomic E-state index is -4.69. The van der Waals surface area contributed by atoms with E-state index in [1.807, 2.05) is 0 Å². The summed E-state index contributed by atoms with van der Waals surface area (Å²) in [5, 5.41) is 0. The van der Waals surface area contributed by atoms with Crippen LogP contribution in [-0.2, 0) is 52.5 Å². The molecule has 0 aliphatic heterocycles. The molecule has 0 aliphatic rings. The van der Waals surface area contributed by atoms with Crippen LogP contribution in [0.25, 0.3) is 0 Å². The van der Waals surface area contributed by atoms with E-state index < -0.39 is 90.7 Å². The van der Waals surface area contributed by atoms with Crippen LogP contribution < -0.4 is 11.5 Å². The fourth-order valence-electron chi connectivity index (χ4n) is 2.89. The lowest BCUT2D eigenvalue weighted by Gasteiger charge is -2.30. The molecule has 15 heteroatoms. The Kier molecular flexibility index (Phi) is 14.4. The van der Waals surface area contributed by atoms with Gasteiger partial charge in [-0.1, -0.05) is 26.7 Å². The lowest BCUT2D eigenvalue weighted by molar-refractivity contribution is -0.179. The number of nitrogens with two attached hydrogens (primary N) is 2. The Morgan fingerprint density at radius 1 is 0.684 bits per heavy atom. The van der Waals surface area contributed by atoms with Crippen molar-refractivity contribution in [2.45, 2.75) is 75.8 Å². The number of ketones is 3. The van der Waals surface area contributed by atoms with E-state index in [0.717, 1.165) is 14.2 Å². The predicted molar refractivity (Wildman–Crippen MR) is 124 cm³/mol. The SMILES string of the molecule is CCCCOC(=O)C(F)(C(=O)[C@@H](N)CC(=O)OC)C(=O)C(F)(C(=O)OCCCC)C(=O)[C@@H](N)CC(=O)OC. The van der Waals surface area contributed by atoms with Gasteiger partial charge in [-0.25, -0.2) is 18.4 Å². The summed E-state index contributed by atoms with van der Waals surface area (Å²) < 4.78 is 50.3. The van der Waals surface area contributed by atoms with Gasteiger partial charge >= 0.3 is 35.2 Å². The summed E-state index contributed by atoms with van der Waals surface area (Å²) >= 11 is 0. The average molecular weight is 553 g/mol. The molecule has 0 aliphatic carbocycles. The third-order valence-corrected chi connectivity index (χ3v) is 5.23. The van der Waals surface area contributed by atoms with Crippen molar-refractivity contribution in [2.24, 2.45) is 11.5 Å². The Morgan fingerprint density at radius 2 is 1.00 bits per heavy atom. The van der Waals surface area contributed by atoms with Crippen LogP contribution in [0.1, 0.15) is 52.4 Å². The van der Waals surface area contributed by atoms with Crippen LogP contribution in [0.4, 0.5) is 8.78 Å². The first kappa shape index (κ1) is 34.7. The van der Waals surface area contributed by atoms with Crippen LogP contribution in [0.5, 0.6) is 0 Å². The highest BCUT2D eigenvalue weighted by Gasteiger charge is 2.70. The van der Waals surface area contributed by atoms with Gasteiger partial charge in [0.15, 0.2) is 0 Å². The maximum absolute atomic E-state index is 16.3. The fraction of sp³-hybridized carbons (Fsp3) is 0.696. The Bertz CT molecular complexity index is 844. The summed E-state index contributed by atoms with van der Waals surface area (Å²) in [6, 6.07) is -4.54. The van der Waals surface area contributed by atoms with Crippen molar-refractivity contribution in [3.05, 3.63) is 0 Å². The molecule has 0 heterocycles. The van der Waals surface area contributed by atoms with E-state index in [0.29, 0.717) is 12.8 Å². The lowest BCUT2D eigenvalue weighted by atomic mass is 9.78. The highest BCUT2D eigenvalue weighted by Crippen LogP contribution is 2.31. The van der Waals surface area contributed by atoms with E-state index in [-0.39, 0.29) is 12.8 Å². The molecule has 0 spiro atoms. The predicted octanol–water partition coefficient (Wildman–Crippen LogP) is -0.422. The summed E-state index contributed by atoms with van der Waals surface area (Å²) in [5.74, 6) is -14.1. The van der Waals surface area contributed by atoms with E-state index in [4.69, 9.17) is 11.5 Å². The third-order valence-electron chi connectivity index (χ3n) is 5.23. The molecule has 4 atom stereocenters. The smallest absolute Gasteiger partial charge is 0.360 e. The number of carbonyl (C=O) groups excluding carboxylic acids is 7. The lowest BCUT2D eigenvalue weighted by Crippen LogP contribution is -2.68. The molecular weight excluding hydrogens is 518 g/mol. The monoisotopic (exact) mass is 552 g/mol. The number of methoxy groups -OCH3 is 2. The Morgan fingerprint density at radius 3 is 1.26 bits per heavy atom. The number of unbranched alkanes of at least 4 members (excludes halogenated alkanes) is 2. The number of rotatable bonds is 18. The van der Waals surface area contributed by atoms with Gasteiger partial charge in [0.25, 0.3) is 0 Å². The van der Waals surface area contributed by atoms with Crippen LogP contribution in [0.15, 0.2) is 0 Å². The van der Waals surface area contributed by atoms with Gasteiger partial charge in [0.2, 0.25) is 17.3 Å². The van der Waals surface area contributed by atoms with Crippen molar-refractivity contribution < 1.29 is 61.3 Å². The van der Waals surface area contributed by atoms with Crippen LogP contribution in [0.2, 0.25) is 0 Å². The molecule has 0 rings (SSSR count). The molecule has 0 bridgehead atoms. The molecule has 0 radical (unpaired) electrons. The molecular formula is C23H34F2N2O11. The second-order valence-corrected chi connectivity index (χ2v) is 8.13. The zero-order valence-electron chi connectivity index (χ0n) is 21.7. The van der Waals surface area contributed by atoms with Crippen molar-refractivity contribution in [1.82, 2.24) is 0 Å². The molecule has 0 fully saturated rings. The number of hydrogen-bond acceptors (Lipinski definition) is 13. The maximum atomic E-state index is 16.3. The number of carbonyl (C=O) groups is 7. The van der Waals surface area contributed by atoms with Gasteiger partial charge in [-0.3, -0.25) is 24.0 Å². The average Bonchev–Trinajstić information content (AvgIpc) is 2.90. The van der Waals surface area contributed by atoms with Gasteiger partial charge in [0.05, 0.1) is 52.4 Å².